The van der Waals surface area contributed by atoms with Gasteiger partial charge in [0.2, 0.25) is 0 Å². The summed E-state index contributed by atoms with van der Waals surface area (Å²) in [6.45, 7) is 8.97. The number of nitrogens with zero attached hydrogens (tertiary/aromatic N) is 1. The SMILES string of the molecule is CN1CCO[C@H](CNCc2ccc3c(c2)CC(C)(C)O3)C1. The first kappa shape index (κ1) is 14.8. The summed E-state index contributed by atoms with van der Waals surface area (Å²) < 4.78 is 11.7. The number of hydrogen-bond acceptors (Lipinski definition) is 4. The molecule has 1 fully saturated rings. The van der Waals surface area contributed by atoms with Crippen LogP contribution in [-0.2, 0) is 17.7 Å². The van der Waals surface area contributed by atoms with Gasteiger partial charge in [-0.2, -0.15) is 0 Å². The summed E-state index contributed by atoms with van der Waals surface area (Å²) in [5, 5.41) is 3.51. The third kappa shape index (κ3) is 3.76. The van der Waals surface area contributed by atoms with Crippen LogP contribution in [0, 0.1) is 0 Å². The molecule has 0 bridgehead atoms. The molecule has 2 aliphatic heterocycles. The number of nitrogens with one attached hydrogen (secondary N) is 1. The minimum absolute atomic E-state index is 0.0606. The van der Waals surface area contributed by atoms with E-state index >= 15 is 0 Å². The summed E-state index contributed by atoms with van der Waals surface area (Å²) in [4.78, 5) is 2.32. The Kier molecular flexibility index (Phi) is 4.20. The van der Waals surface area contributed by atoms with Crippen LogP contribution in [0.1, 0.15) is 25.0 Å². The molecule has 1 N–H and O–H groups in total. The molecule has 2 heterocycles. The molecule has 0 aromatic heterocycles. The van der Waals surface area contributed by atoms with Gasteiger partial charge in [-0.25, -0.2) is 0 Å². The van der Waals surface area contributed by atoms with E-state index in [0.717, 1.165) is 45.0 Å². The average molecular weight is 290 g/mol. The van der Waals surface area contributed by atoms with E-state index in [1.165, 1.54) is 11.1 Å². The smallest absolute Gasteiger partial charge is 0.123 e. The third-order valence-corrected chi connectivity index (χ3v) is 4.17. The highest BCUT2D eigenvalue weighted by Gasteiger charge is 2.29. The summed E-state index contributed by atoms with van der Waals surface area (Å²) in [5.74, 6) is 1.04. The van der Waals surface area contributed by atoms with Gasteiger partial charge in [-0.3, -0.25) is 0 Å². The summed E-state index contributed by atoms with van der Waals surface area (Å²) in [7, 11) is 2.15. The van der Waals surface area contributed by atoms with Crippen LogP contribution in [0.25, 0.3) is 0 Å². The number of benzene rings is 1. The van der Waals surface area contributed by atoms with Gasteiger partial charge in [0, 0.05) is 32.6 Å². The van der Waals surface area contributed by atoms with E-state index in [0.29, 0.717) is 6.10 Å². The third-order valence-electron chi connectivity index (χ3n) is 4.17. The summed E-state index contributed by atoms with van der Waals surface area (Å²) >= 11 is 0. The predicted octanol–water partition coefficient (Wildman–Crippen LogP) is 1.82. The monoisotopic (exact) mass is 290 g/mol. The lowest BCUT2D eigenvalue weighted by Gasteiger charge is -2.30. The molecule has 0 radical (unpaired) electrons. The van der Waals surface area contributed by atoms with Gasteiger partial charge in [-0.05, 0) is 38.1 Å². The standard InChI is InChI=1S/C17H26N2O2/c1-17(2)9-14-8-13(4-5-16(14)21-17)10-18-11-15-12-19(3)6-7-20-15/h4-5,8,15,18H,6-7,9-12H2,1-3H3/t15-/m1/s1. The highest BCUT2D eigenvalue weighted by molar-refractivity contribution is 5.41. The van der Waals surface area contributed by atoms with Crippen molar-refractivity contribution in [2.75, 3.05) is 33.3 Å². The van der Waals surface area contributed by atoms with Crippen molar-refractivity contribution in [2.24, 2.45) is 0 Å². The van der Waals surface area contributed by atoms with E-state index in [-0.39, 0.29) is 5.60 Å². The van der Waals surface area contributed by atoms with Crippen molar-refractivity contribution in [1.29, 1.82) is 0 Å². The van der Waals surface area contributed by atoms with Gasteiger partial charge in [0.05, 0.1) is 12.7 Å². The zero-order chi connectivity index (χ0) is 14.9. The Morgan fingerprint density at radius 3 is 3.05 bits per heavy atom. The van der Waals surface area contributed by atoms with Crippen LogP contribution >= 0.6 is 0 Å². The molecule has 1 saturated heterocycles. The Morgan fingerprint density at radius 2 is 2.24 bits per heavy atom. The van der Waals surface area contributed by atoms with Crippen molar-refractivity contribution in [2.45, 2.75) is 38.5 Å². The maximum atomic E-state index is 5.91. The maximum absolute atomic E-state index is 5.91. The Balaban J connectivity index is 1.50. The highest BCUT2D eigenvalue weighted by atomic mass is 16.5. The van der Waals surface area contributed by atoms with Crippen LogP contribution in [0.2, 0.25) is 0 Å². The molecule has 4 nitrogen and oxygen atoms in total. The first-order valence-electron chi connectivity index (χ1n) is 7.83. The summed E-state index contributed by atoms with van der Waals surface area (Å²) in [6, 6.07) is 6.53. The van der Waals surface area contributed by atoms with Crippen LogP contribution in [0.3, 0.4) is 0 Å². The molecule has 0 amide bonds. The molecule has 1 atom stereocenters. The van der Waals surface area contributed by atoms with Crippen molar-refractivity contribution >= 4 is 0 Å². The van der Waals surface area contributed by atoms with E-state index in [1.807, 2.05) is 0 Å². The van der Waals surface area contributed by atoms with E-state index in [9.17, 15) is 0 Å². The molecule has 4 heteroatoms. The van der Waals surface area contributed by atoms with E-state index < -0.39 is 0 Å². The topological polar surface area (TPSA) is 33.7 Å². The number of hydrogen-bond donors (Lipinski definition) is 1. The lowest BCUT2D eigenvalue weighted by molar-refractivity contribution is -0.0182. The fourth-order valence-corrected chi connectivity index (χ4v) is 3.14. The van der Waals surface area contributed by atoms with Crippen LogP contribution in [-0.4, -0.2) is 49.9 Å². The predicted molar refractivity (Wildman–Crippen MR) is 83.8 cm³/mol. The van der Waals surface area contributed by atoms with Crippen molar-refractivity contribution < 1.29 is 9.47 Å². The Labute approximate surface area is 127 Å². The fraction of sp³-hybridized carbons (Fsp3) is 0.647. The lowest BCUT2D eigenvalue weighted by atomic mass is 10.0. The molecule has 1 aromatic carbocycles. The van der Waals surface area contributed by atoms with Gasteiger partial charge in [-0.1, -0.05) is 12.1 Å². The Hall–Kier alpha value is -1.10. The van der Waals surface area contributed by atoms with Gasteiger partial charge in [0.1, 0.15) is 11.4 Å². The second-order valence-corrected chi connectivity index (χ2v) is 6.87. The van der Waals surface area contributed by atoms with Gasteiger partial charge >= 0.3 is 0 Å². The van der Waals surface area contributed by atoms with E-state index in [2.05, 4.69) is 49.3 Å². The molecule has 1 aromatic rings. The van der Waals surface area contributed by atoms with Crippen molar-refractivity contribution in [3.05, 3.63) is 29.3 Å². The van der Waals surface area contributed by atoms with Crippen LogP contribution in [0.5, 0.6) is 5.75 Å². The fourth-order valence-electron chi connectivity index (χ4n) is 3.14. The minimum atomic E-state index is -0.0606. The highest BCUT2D eigenvalue weighted by Crippen LogP contribution is 2.35. The van der Waals surface area contributed by atoms with E-state index in [4.69, 9.17) is 9.47 Å². The normalized spacial score (nSPS) is 24.6. The first-order valence-corrected chi connectivity index (χ1v) is 7.83. The van der Waals surface area contributed by atoms with Crippen molar-refractivity contribution in [3.63, 3.8) is 0 Å². The second kappa shape index (κ2) is 5.95. The van der Waals surface area contributed by atoms with Crippen LogP contribution in [0.4, 0.5) is 0 Å². The summed E-state index contributed by atoms with van der Waals surface area (Å²) in [5.41, 5.74) is 2.58. The van der Waals surface area contributed by atoms with Gasteiger partial charge in [0.15, 0.2) is 0 Å². The van der Waals surface area contributed by atoms with Crippen LogP contribution in [0.15, 0.2) is 18.2 Å². The van der Waals surface area contributed by atoms with Gasteiger partial charge < -0.3 is 19.7 Å². The van der Waals surface area contributed by atoms with Crippen molar-refractivity contribution in [3.8, 4) is 5.75 Å². The molecular weight excluding hydrogens is 264 g/mol. The quantitative estimate of drug-likeness (QED) is 0.917. The number of ether oxygens (including phenoxy) is 2. The minimum Gasteiger partial charge on any atom is -0.487 e. The lowest BCUT2D eigenvalue weighted by Crippen LogP contribution is -2.44. The number of likely N-dealkylation sites (N-methyl/N-ethyl adjacent to an activating group) is 1. The number of morpholine rings is 1. The first-order chi connectivity index (χ1) is 10.0. The Morgan fingerprint density at radius 1 is 1.38 bits per heavy atom. The largest absolute Gasteiger partial charge is 0.487 e. The van der Waals surface area contributed by atoms with Crippen LogP contribution < -0.4 is 10.1 Å². The number of rotatable bonds is 4. The maximum Gasteiger partial charge on any atom is 0.123 e. The number of fused-ring (bicyclic) bond motifs is 1. The molecule has 0 saturated carbocycles. The molecule has 3 rings (SSSR count). The zero-order valence-corrected chi connectivity index (χ0v) is 13.3. The average Bonchev–Trinajstić information content (AvgIpc) is 2.72. The molecule has 116 valence electrons. The molecular formula is C17H26N2O2. The molecule has 0 unspecified atom stereocenters. The van der Waals surface area contributed by atoms with Gasteiger partial charge in [0.25, 0.3) is 0 Å². The molecule has 0 spiro atoms. The Bertz CT molecular complexity index is 502. The summed E-state index contributed by atoms with van der Waals surface area (Å²) in [6.07, 6.45) is 1.30. The molecule has 21 heavy (non-hydrogen) atoms. The van der Waals surface area contributed by atoms with Crippen molar-refractivity contribution in [1.82, 2.24) is 10.2 Å². The molecule has 0 aliphatic carbocycles. The van der Waals surface area contributed by atoms with Gasteiger partial charge in [-0.15, -0.1) is 0 Å². The second-order valence-electron chi connectivity index (χ2n) is 6.87. The zero-order valence-electron chi connectivity index (χ0n) is 13.3. The van der Waals surface area contributed by atoms with E-state index in [1.54, 1.807) is 0 Å². The molecule has 2 aliphatic rings.